The van der Waals surface area contributed by atoms with Gasteiger partial charge in [-0.2, -0.15) is 0 Å². The number of carbonyl (C=O) groups excluding carboxylic acids is 1. The average Bonchev–Trinajstić information content (AvgIpc) is 3.26. The Morgan fingerprint density at radius 1 is 1.04 bits per heavy atom. The Labute approximate surface area is 151 Å². The monoisotopic (exact) mass is 342 g/mol. The third-order valence-electron chi connectivity index (χ3n) is 6.47. The highest BCUT2D eigenvalue weighted by Gasteiger charge is 2.40. The lowest BCUT2D eigenvalue weighted by Gasteiger charge is -2.35. The van der Waals surface area contributed by atoms with Crippen LogP contribution in [0.1, 0.15) is 32.1 Å². The highest BCUT2D eigenvalue weighted by molar-refractivity contribution is 5.76. The summed E-state index contributed by atoms with van der Waals surface area (Å²) >= 11 is 0. The van der Waals surface area contributed by atoms with Crippen molar-refractivity contribution in [1.29, 1.82) is 0 Å². The Morgan fingerprint density at radius 3 is 2.52 bits per heavy atom. The SMILES string of the molecule is O=C(CC1CC2CCC1C2)N1CCN(CCOc2ccccc2)CC1. The van der Waals surface area contributed by atoms with Crippen molar-refractivity contribution < 1.29 is 9.53 Å². The minimum absolute atomic E-state index is 0.401. The molecule has 1 saturated heterocycles. The van der Waals surface area contributed by atoms with Gasteiger partial charge in [0.05, 0.1) is 0 Å². The largest absolute Gasteiger partial charge is 0.492 e. The van der Waals surface area contributed by atoms with Gasteiger partial charge in [-0.05, 0) is 49.1 Å². The lowest BCUT2D eigenvalue weighted by atomic mass is 9.86. The zero-order valence-electron chi connectivity index (χ0n) is 15.1. The number of amides is 1. The molecule has 0 N–H and O–H groups in total. The van der Waals surface area contributed by atoms with Gasteiger partial charge in [0.2, 0.25) is 5.91 Å². The molecule has 25 heavy (non-hydrogen) atoms. The van der Waals surface area contributed by atoms with Crippen molar-refractivity contribution in [2.75, 3.05) is 39.3 Å². The summed E-state index contributed by atoms with van der Waals surface area (Å²) in [5.41, 5.74) is 0. The maximum atomic E-state index is 12.6. The van der Waals surface area contributed by atoms with Gasteiger partial charge in [-0.25, -0.2) is 0 Å². The number of rotatable bonds is 6. The standard InChI is InChI=1S/C21H30N2O2/c24-21(16-19-15-17-6-7-18(19)14-17)23-10-8-22(9-11-23)12-13-25-20-4-2-1-3-5-20/h1-5,17-19H,6-16H2. The van der Waals surface area contributed by atoms with Crippen LogP contribution in [-0.4, -0.2) is 55.0 Å². The second-order valence-electron chi connectivity index (χ2n) is 8.02. The third-order valence-corrected chi connectivity index (χ3v) is 6.47. The topological polar surface area (TPSA) is 32.8 Å². The van der Waals surface area contributed by atoms with Gasteiger partial charge < -0.3 is 9.64 Å². The lowest BCUT2D eigenvalue weighted by molar-refractivity contribution is -0.134. The summed E-state index contributed by atoms with van der Waals surface area (Å²) < 4.78 is 5.78. The second kappa shape index (κ2) is 7.77. The van der Waals surface area contributed by atoms with E-state index in [4.69, 9.17) is 4.74 Å². The van der Waals surface area contributed by atoms with E-state index >= 15 is 0 Å². The fraction of sp³-hybridized carbons (Fsp3) is 0.667. The molecule has 4 nitrogen and oxygen atoms in total. The molecule has 2 bridgehead atoms. The molecule has 136 valence electrons. The van der Waals surface area contributed by atoms with E-state index in [1.165, 1.54) is 25.7 Å². The normalized spacial score (nSPS) is 29.1. The molecule has 2 saturated carbocycles. The van der Waals surface area contributed by atoms with E-state index in [2.05, 4.69) is 9.80 Å². The summed E-state index contributed by atoms with van der Waals surface area (Å²) in [6.07, 6.45) is 6.30. The molecule has 1 aliphatic heterocycles. The first kappa shape index (κ1) is 16.9. The number of hydrogen-bond acceptors (Lipinski definition) is 3. The van der Waals surface area contributed by atoms with Crippen molar-refractivity contribution in [2.45, 2.75) is 32.1 Å². The van der Waals surface area contributed by atoms with E-state index in [9.17, 15) is 4.79 Å². The van der Waals surface area contributed by atoms with Crippen LogP contribution >= 0.6 is 0 Å². The van der Waals surface area contributed by atoms with Crippen molar-refractivity contribution in [3.8, 4) is 5.75 Å². The van der Waals surface area contributed by atoms with Gasteiger partial charge in [-0.15, -0.1) is 0 Å². The molecule has 1 aromatic rings. The highest BCUT2D eigenvalue weighted by Crippen LogP contribution is 2.49. The smallest absolute Gasteiger partial charge is 0.222 e. The van der Waals surface area contributed by atoms with Crippen molar-refractivity contribution in [3.63, 3.8) is 0 Å². The molecule has 1 heterocycles. The number of nitrogens with zero attached hydrogens (tertiary/aromatic N) is 2. The predicted molar refractivity (Wildman–Crippen MR) is 98.5 cm³/mol. The lowest BCUT2D eigenvalue weighted by Crippen LogP contribution is -2.49. The molecule has 2 aliphatic carbocycles. The van der Waals surface area contributed by atoms with Crippen LogP contribution in [0.2, 0.25) is 0 Å². The number of ether oxygens (including phenoxy) is 1. The van der Waals surface area contributed by atoms with Gasteiger partial charge in [-0.3, -0.25) is 9.69 Å². The average molecular weight is 342 g/mol. The van der Waals surface area contributed by atoms with Crippen LogP contribution in [0.25, 0.3) is 0 Å². The van der Waals surface area contributed by atoms with E-state index < -0.39 is 0 Å². The first-order chi connectivity index (χ1) is 12.3. The van der Waals surface area contributed by atoms with Crippen LogP contribution in [-0.2, 0) is 4.79 Å². The molecule has 1 amide bonds. The number of benzene rings is 1. The number of hydrogen-bond donors (Lipinski definition) is 0. The maximum Gasteiger partial charge on any atom is 0.222 e. The summed E-state index contributed by atoms with van der Waals surface area (Å²) in [5.74, 6) is 3.80. The number of carbonyl (C=O) groups is 1. The van der Waals surface area contributed by atoms with Gasteiger partial charge in [0.15, 0.2) is 0 Å². The van der Waals surface area contributed by atoms with E-state index in [1.54, 1.807) is 0 Å². The van der Waals surface area contributed by atoms with Crippen molar-refractivity contribution in [3.05, 3.63) is 30.3 Å². The van der Waals surface area contributed by atoms with Crippen LogP contribution in [0.15, 0.2) is 30.3 Å². The van der Waals surface area contributed by atoms with Crippen LogP contribution in [0.4, 0.5) is 0 Å². The first-order valence-electron chi connectivity index (χ1n) is 9.96. The van der Waals surface area contributed by atoms with Gasteiger partial charge in [0, 0.05) is 39.1 Å². The fourth-order valence-electron chi connectivity index (χ4n) is 5.01. The van der Waals surface area contributed by atoms with E-state index in [-0.39, 0.29) is 0 Å². The van der Waals surface area contributed by atoms with Crippen LogP contribution < -0.4 is 4.74 Å². The summed E-state index contributed by atoms with van der Waals surface area (Å²) in [4.78, 5) is 17.1. The fourth-order valence-corrected chi connectivity index (χ4v) is 5.01. The molecule has 0 radical (unpaired) electrons. The van der Waals surface area contributed by atoms with E-state index in [1.807, 2.05) is 30.3 Å². The molecule has 3 fully saturated rings. The quantitative estimate of drug-likeness (QED) is 0.797. The zero-order chi connectivity index (χ0) is 17.1. The Bertz CT molecular complexity index is 569. The summed E-state index contributed by atoms with van der Waals surface area (Å²) in [6, 6.07) is 9.98. The van der Waals surface area contributed by atoms with Gasteiger partial charge in [-0.1, -0.05) is 24.6 Å². The second-order valence-corrected chi connectivity index (χ2v) is 8.02. The highest BCUT2D eigenvalue weighted by atomic mass is 16.5. The number of piperazine rings is 1. The molecule has 4 rings (SSSR count). The Hall–Kier alpha value is -1.55. The molecule has 0 spiro atoms. The predicted octanol–water partition coefficient (Wildman–Crippen LogP) is 3.04. The molecule has 3 aliphatic rings. The van der Waals surface area contributed by atoms with Crippen LogP contribution in [0.3, 0.4) is 0 Å². The molecule has 3 unspecified atom stereocenters. The van der Waals surface area contributed by atoms with Crippen LogP contribution in [0.5, 0.6) is 5.75 Å². The van der Waals surface area contributed by atoms with Crippen LogP contribution in [0, 0.1) is 17.8 Å². The molecular weight excluding hydrogens is 312 g/mol. The molecule has 4 heteroatoms. The molecule has 3 atom stereocenters. The summed E-state index contributed by atoms with van der Waals surface area (Å²) in [6.45, 7) is 5.35. The van der Waals surface area contributed by atoms with Gasteiger partial charge in [0.25, 0.3) is 0 Å². The van der Waals surface area contributed by atoms with Crippen molar-refractivity contribution in [1.82, 2.24) is 9.80 Å². The minimum Gasteiger partial charge on any atom is -0.492 e. The Kier molecular flexibility index (Phi) is 5.25. The van der Waals surface area contributed by atoms with E-state index in [0.29, 0.717) is 18.4 Å². The Balaban J connectivity index is 1.15. The molecule has 1 aromatic carbocycles. The number of para-hydroxylation sites is 1. The van der Waals surface area contributed by atoms with E-state index in [0.717, 1.165) is 56.7 Å². The third kappa shape index (κ3) is 4.17. The maximum absolute atomic E-state index is 12.6. The van der Waals surface area contributed by atoms with Crippen molar-refractivity contribution in [2.24, 2.45) is 17.8 Å². The summed E-state index contributed by atoms with van der Waals surface area (Å²) in [5, 5.41) is 0. The van der Waals surface area contributed by atoms with Crippen molar-refractivity contribution >= 4 is 5.91 Å². The molecule has 0 aromatic heterocycles. The zero-order valence-corrected chi connectivity index (χ0v) is 15.1. The minimum atomic E-state index is 0.401. The van der Waals surface area contributed by atoms with Gasteiger partial charge >= 0.3 is 0 Å². The molecular formula is C21H30N2O2. The number of fused-ring (bicyclic) bond motifs is 2. The Morgan fingerprint density at radius 2 is 1.84 bits per heavy atom. The first-order valence-corrected chi connectivity index (χ1v) is 9.96. The van der Waals surface area contributed by atoms with Gasteiger partial charge in [0.1, 0.15) is 12.4 Å². The summed E-state index contributed by atoms with van der Waals surface area (Å²) in [7, 11) is 0.